The van der Waals surface area contributed by atoms with Gasteiger partial charge in [-0.25, -0.2) is 13.8 Å². The number of aryl methyl sites for hydroxylation is 2. The minimum Gasteiger partial charge on any atom is -0.348 e. The number of hydrogen-bond donors (Lipinski definition) is 1. The Hall–Kier alpha value is -2.61. The molecule has 1 aliphatic carbocycles. The zero-order valence-electron chi connectivity index (χ0n) is 15.3. The van der Waals surface area contributed by atoms with E-state index in [9.17, 15) is 18.4 Å². The van der Waals surface area contributed by atoms with Crippen molar-refractivity contribution in [2.24, 2.45) is 0 Å². The summed E-state index contributed by atoms with van der Waals surface area (Å²) in [5, 5.41) is 3.27. The molecule has 4 rings (SSSR count). The van der Waals surface area contributed by atoms with Crippen molar-refractivity contribution >= 4 is 27.5 Å². The Morgan fingerprint density at radius 2 is 2.11 bits per heavy atom. The van der Waals surface area contributed by atoms with Gasteiger partial charge in [-0.2, -0.15) is 0 Å². The fourth-order valence-electron chi connectivity index (χ4n) is 3.67. The van der Waals surface area contributed by atoms with Crippen molar-refractivity contribution in [3.63, 3.8) is 0 Å². The minimum absolute atomic E-state index is 0.183. The van der Waals surface area contributed by atoms with Gasteiger partial charge in [-0.3, -0.25) is 14.2 Å². The van der Waals surface area contributed by atoms with E-state index in [1.807, 2.05) is 0 Å². The number of fused-ring (bicyclic) bond motifs is 3. The first-order valence-electron chi connectivity index (χ1n) is 9.18. The largest absolute Gasteiger partial charge is 0.348 e. The SMILES string of the molecule is CC(NC(=O)Cn1cnc2sc3c(c2c1=O)CCCC3)c1ccc(F)cc1F. The highest BCUT2D eigenvalue weighted by molar-refractivity contribution is 7.18. The predicted molar refractivity (Wildman–Crippen MR) is 103 cm³/mol. The number of thiophene rings is 1. The van der Waals surface area contributed by atoms with E-state index >= 15 is 0 Å². The van der Waals surface area contributed by atoms with Gasteiger partial charge >= 0.3 is 0 Å². The summed E-state index contributed by atoms with van der Waals surface area (Å²) < 4.78 is 28.2. The Labute approximate surface area is 164 Å². The Bertz CT molecular complexity index is 1120. The van der Waals surface area contributed by atoms with Crippen molar-refractivity contribution in [3.8, 4) is 0 Å². The third kappa shape index (κ3) is 3.44. The predicted octanol–water partition coefficient (Wildman–Crippen LogP) is 3.49. The lowest BCUT2D eigenvalue weighted by atomic mass is 9.97. The van der Waals surface area contributed by atoms with Gasteiger partial charge in [0.15, 0.2) is 0 Å². The van der Waals surface area contributed by atoms with Crippen molar-refractivity contribution in [1.82, 2.24) is 14.9 Å². The molecule has 28 heavy (non-hydrogen) atoms. The monoisotopic (exact) mass is 403 g/mol. The standard InChI is InChI=1S/C20H19F2N3O2S/c1-11(13-7-6-12(21)8-15(13)22)24-17(26)9-25-10-23-19-18(20(25)27)14-4-2-3-5-16(14)28-19/h6-8,10-11H,2-5,9H2,1H3,(H,24,26). The van der Waals surface area contributed by atoms with Gasteiger partial charge in [-0.15, -0.1) is 11.3 Å². The van der Waals surface area contributed by atoms with Crippen LogP contribution >= 0.6 is 11.3 Å². The van der Waals surface area contributed by atoms with Gasteiger partial charge in [0.2, 0.25) is 5.91 Å². The summed E-state index contributed by atoms with van der Waals surface area (Å²) >= 11 is 1.55. The molecule has 2 aromatic heterocycles. The van der Waals surface area contributed by atoms with E-state index in [-0.39, 0.29) is 17.7 Å². The number of amides is 1. The van der Waals surface area contributed by atoms with Crippen LogP contribution in [0.4, 0.5) is 8.78 Å². The van der Waals surface area contributed by atoms with Crippen molar-refractivity contribution in [2.75, 3.05) is 0 Å². The number of benzene rings is 1. The van der Waals surface area contributed by atoms with Crippen molar-refractivity contribution in [2.45, 2.75) is 45.2 Å². The fraction of sp³-hybridized carbons (Fsp3) is 0.350. The lowest BCUT2D eigenvalue weighted by Crippen LogP contribution is -2.34. The highest BCUT2D eigenvalue weighted by atomic mass is 32.1. The van der Waals surface area contributed by atoms with Gasteiger partial charge in [0.1, 0.15) is 23.0 Å². The number of nitrogens with zero attached hydrogens (tertiary/aromatic N) is 2. The van der Waals surface area contributed by atoms with Crippen molar-refractivity contribution in [1.29, 1.82) is 0 Å². The molecule has 146 valence electrons. The van der Waals surface area contributed by atoms with Gasteiger partial charge in [-0.1, -0.05) is 6.07 Å². The van der Waals surface area contributed by atoms with E-state index in [1.54, 1.807) is 18.3 Å². The van der Waals surface area contributed by atoms with Crippen LogP contribution in [0.5, 0.6) is 0 Å². The van der Waals surface area contributed by atoms with Crippen LogP contribution in [-0.4, -0.2) is 15.5 Å². The van der Waals surface area contributed by atoms with Crippen LogP contribution in [0.15, 0.2) is 29.3 Å². The third-order valence-corrected chi connectivity index (χ3v) is 6.26. The third-order valence-electron chi connectivity index (χ3n) is 5.06. The fourth-order valence-corrected chi connectivity index (χ4v) is 4.89. The number of rotatable bonds is 4. The molecule has 1 N–H and O–H groups in total. The zero-order valence-corrected chi connectivity index (χ0v) is 16.1. The lowest BCUT2D eigenvalue weighted by molar-refractivity contribution is -0.122. The van der Waals surface area contributed by atoms with Crippen LogP contribution in [0.25, 0.3) is 10.2 Å². The molecule has 1 aromatic carbocycles. The van der Waals surface area contributed by atoms with Crippen LogP contribution < -0.4 is 10.9 Å². The number of carbonyl (C=O) groups excluding carboxylic acids is 1. The molecular weight excluding hydrogens is 384 g/mol. The summed E-state index contributed by atoms with van der Waals surface area (Å²) in [5.41, 5.74) is 1.03. The maximum absolute atomic E-state index is 13.9. The molecule has 0 saturated carbocycles. The maximum atomic E-state index is 13.9. The molecule has 0 spiro atoms. The molecule has 5 nitrogen and oxygen atoms in total. The first-order valence-corrected chi connectivity index (χ1v) is 9.99. The number of halogens is 2. The molecule has 0 radical (unpaired) electrons. The van der Waals surface area contributed by atoms with E-state index in [4.69, 9.17) is 0 Å². The molecule has 0 aliphatic heterocycles. The normalized spacial score (nSPS) is 14.7. The van der Waals surface area contributed by atoms with Gasteiger partial charge in [0, 0.05) is 16.5 Å². The second-order valence-corrected chi connectivity index (χ2v) is 8.11. The van der Waals surface area contributed by atoms with Gasteiger partial charge in [0.05, 0.1) is 17.8 Å². The molecule has 1 unspecified atom stereocenters. The highest BCUT2D eigenvalue weighted by Gasteiger charge is 2.21. The van der Waals surface area contributed by atoms with Crippen LogP contribution in [0.3, 0.4) is 0 Å². The van der Waals surface area contributed by atoms with Crippen molar-refractivity contribution < 1.29 is 13.6 Å². The smallest absolute Gasteiger partial charge is 0.262 e. The van der Waals surface area contributed by atoms with Crippen LogP contribution in [0.2, 0.25) is 0 Å². The van der Waals surface area contributed by atoms with E-state index < -0.39 is 23.6 Å². The van der Waals surface area contributed by atoms with Crippen LogP contribution in [0, 0.1) is 11.6 Å². The summed E-state index contributed by atoms with van der Waals surface area (Å²) in [7, 11) is 0. The number of nitrogens with one attached hydrogen (secondary N) is 1. The molecular formula is C20H19F2N3O2S. The molecule has 8 heteroatoms. The van der Waals surface area contributed by atoms with E-state index in [2.05, 4.69) is 10.3 Å². The van der Waals surface area contributed by atoms with Crippen LogP contribution in [0.1, 0.15) is 41.8 Å². The van der Waals surface area contributed by atoms with E-state index in [1.165, 1.54) is 21.8 Å². The quantitative estimate of drug-likeness (QED) is 0.725. The number of hydrogen-bond acceptors (Lipinski definition) is 4. The Kier molecular flexibility index (Phi) is 4.97. The number of aromatic nitrogens is 2. The van der Waals surface area contributed by atoms with Gasteiger partial charge < -0.3 is 5.32 Å². The molecule has 3 aromatic rings. The van der Waals surface area contributed by atoms with Gasteiger partial charge in [-0.05, 0) is 44.2 Å². The number of carbonyl (C=O) groups is 1. The minimum atomic E-state index is -0.724. The summed E-state index contributed by atoms with van der Waals surface area (Å²) in [5.74, 6) is -1.84. The summed E-state index contributed by atoms with van der Waals surface area (Å²) in [6.07, 6.45) is 5.39. The van der Waals surface area contributed by atoms with Gasteiger partial charge in [0.25, 0.3) is 5.56 Å². The topological polar surface area (TPSA) is 64.0 Å². The second kappa shape index (κ2) is 7.43. The molecule has 2 heterocycles. The Morgan fingerprint density at radius 3 is 2.89 bits per heavy atom. The molecule has 0 saturated heterocycles. The highest BCUT2D eigenvalue weighted by Crippen LogP contribution is 2.33. The Morgan fingerprint density at radius 1 is 1.32 bits per heavy atom. The van der Waals surface area contributed by atoms with E-state index in [0.29, 0.717) is 5.39 Å². The maximum Gasteiger partial charge on any atom is 0.262 e. The Balaban J connectivity index is 1.55. The molecule has 0 fully saturated rings. The average Bonchev–Trinajstić information content (AvgIpc) is 3.03. The van der Waals surface area contributed by atoms with Crippen molar-refractivity contribution in [3.05, 3.63) is 62.5 Å². The molecule has 1 atom stereocenters. The molecule has 1 amide bonds. The lowest BCUT2D eigenvalue weighted by Gasteiger charge is -2.16. The molecule has 1 aliphatic rings. The molecule has 0 bridgehead atoms. The summed E-state index contributed by atoms with van der Waals surface area (Å²) in [4.78, 5) is 31.6. The first-order chi connectivity index (χ1) is 13.4. The second-order valence-electron chi connectivity index (χ2n) is 7.02. The van der Waals surface area contributed by atoms with Crippen LogP contribution in [-0.2, 0) is 24.2 Å². The summed E-state index contributed by atoms with van der Waals surface area (Å²) in [6, 6.07) is 2.56. The van der Waals surface area contributed by atoms with E-state index in [0.717, 1.165) is 48.2 Å². The zero-order chi connectivity index (χ0) is 19.8. The summed E-state index contributed by atoms with van der Waals surface area (Å²) in [6.45, 7) is 1.40. The average molecular weight is 403 g/mol. The first kappa shape index (κ1) is 18.7.